The Kier molecular flexibility index (Phi) is 4.33. The molecule has 0 aliphatic heterocycles. The molecule has 0 fully saturated rings. The molecule has 1 aromatic carbocycles. The normalized spacial score (nSPS) is 11.5. The average molecular weight is 360 g/mol. The number of sulfone groups is 1. The third-order valence-corrected chi connectivity index (χ3v) is 5.55. The number of aromatic nitrogens is 3. The van der Waals surface area contributed by atoms with Crippen LogP contribution in [0.4, 0.5) is 11.6 Å². The summed E-state index contributed by atoms with van der Waals surface area (Å²) >= 11 is 1.59. The summed E-state index contributed by atoms with van der Waals surface area (Å²) < 4.78 is 23.0. The van der Waals surface area contributed by atoms with Crippen LogP contribution < -0.4 is 5.32 Å². The minimum Gasteiger partial charge on any atom is -0.324 e. The first-order chi connectivity index (χ1) is 11.3. The summed E-state index contributed by atoms with van der Waals surface area (Å²) in [5, 5.41) is 4.08. The number of thiazole rings is 1. The molecule has 1 N–H and O–H groups in total. The Morgan fingerprint density at radius 3 is 2.33 bits per heavy atom. The van der Waals surface area contributed by atoms with E-state index < -0.39 is 9.84 Å². The van der Waals surface area contributed by atoms with Crippen molar-refractivity contribution in [1.82, 2.24) is 15.0 Å². The number of aryl methyl sites for hydroxylation is 2. The second-order valence-electron chi connectivity index (χ2n) is 5.33. The predicted molar refractivity (Wildman–Crippen MR) is 95.4 cm³/mol. The molecule has 0 spiro atoms. The molecular weight excluding hydrogens is 344 g/mol. The average Bonchev–Trinajstić information content (AvgIpc) is 2.86. The van der Waals surface area contributed by atoms with Crippen LogP contribution in [0.15, 0.2) is 41.4 Å². The van der Waals surface area contributed by atoms with Gasteiger partial charge in [0.1, 0.15) is 0 Å². The van der Waals surface area contributed by atoms with Gasteiger partial charge >= 0.3 is 0 Å². The van der Waals surface area contributed by atoms with Crippen molar-refractivity contribution < 1.29 is 8.42 Å². The molecule has 24 heavy (non-hydrogen) atoms. The van der Waals surface area contributed by atoms with Crippen molar-refractivity contribution in [2.75, 3.05) is 11.6 Å². The van der Waals surface area contributed by atoms with E-state index in [0.717, 1.165) is 27.0 Å². The Hall–Kier alpha value is -2.32. The van der Waals surface area contributed by atoms with Crippen LogP contribution in [0.25, 0.3) is 10.6 Å². The number of anilines is 2. The van der Waals surface area contributed by atoms with Crippen molar-refractivity contribution in [2.24, 2.45) is 0 Å². The van der Waals surface area contributed by atoms with Crippen molar-refractivity contribution in [3.8, 4) is 10.6 Å². The Labute approximate surface area is 144 Å². The van der Waals surface area contributed by atoms with Crippen molar-refractivity contribution in [3.05, 3.63) is 47.2 Å². The van der Waals surface area contributed by atoms with Crippen LogP contribution in [0, 0.1) is 13.8 Å². The molecule has 0 aliphatic rings. The topological polar surface area (TPSA) is 84.8 Å². The molecule has 3 aromatic rings. The number of nitrogens with zero attached hydrogens (tertiary/aromatic N) is 3. The van der Waals surface area contributed by atoms with Crippen molar-refractivity contribution in [1.29, 1.82) is 0 Å². The summed E-state index contributed by atoms with van der Waals surface area (Å²) in [6.07, 6.45) is 2.87. The van der Waals surface area contributed by atoms with Crippen LogP contribution in [0.1, 0.15) is 10.7 Å². The molecule has 2 heterocycles. The zero-order valence-corrected chi connectivity index (χ0v) is 15.1. The lowest BCUT2D eigenvalue weighted by molar-refractivity contribution is 0.602. The van der Waals surface area contributed by atoms with Gasteiger partial charge in [-0.05, 0) is 44.2 Å². The number of rotatable bonds is 4. The van der Waals surface area contributed by atoms with Crippen LogP contribution >= 0.6 is 11.3 Å². The van der Waals surface area contributed by atoms with Crippen LogP contribution in [0.3, 0.4) is 0 Å². The summed E-state index contributed by atoms with van der Waals surface area (Å²) in [4.78, 5) is 14.4. The molecule has 3 rings (SSSR count). The summed E-state index contributed by atoms with van der Waals surface area (Å²) in [5.74, 6) is 0.449. The van der Waals surface area contributed by atoms with Crippen LogP contribution in [0.5, 0.6) is 0 Å². The lowest BCUT2D eigenvalue weighted by atomic mass is 10.3. The zero-order valence-electron chi connectivity index (χ0n) is 13.4. The van der Waals surface area contributed by atoms with Crippen LogP contribution in [-0.2, 0) is 9.84 Å². The predicted octanol–water partition coefficient (Wildman–Crippen LogP) is 3.36. The molecule has 0 atom stereocenters. The van der Waals surface area contributed by atoms with E-state index in [0.29, 0.717) is 5.95 Å². The number of benzene rings is 1. The van der Waals surface area contributed by atoms with Crippen molar-refractivity contribution in [3.63, 3.8) is 0 Å². The molecule has 0 saturated heterocycles. The maximum Gasteiger partial charge on any atom is 0.227 e. The Morgan fingerprint density at radius 1 is 1.04 bits per heavy atom. The molecule has 0 amide bonds. The summed E-state index contributed by atoms with van der Waals surface area (Å²) in [6.45, 7) is 3.92. The number of hydrogen-bond donors (Lipinski definition) is 1. The maximum atomic E-state index is 11.5. The molecule has 8 heteroatoms. The first kappa shape index (κ1) is 16.5. The standard InChI is InChI=1S/C16H16N4O2S2/c1-10-15(23-11(2)18-10)14-8-9-17-16(20-14)19-12-4-6-13(7-5-12)24(3,21)22/h4-9H,1-3H3,(H,17,19,20). The van der Waals surface area contributed by atoms with Gasteiger partial charge in [0.15, 0.2) is 9.84 Å². The summed E-state index contributed by atoms with van der Waals surface area (Å²) in [7, 11) is -3.20. The van der Waals surface area contributed by atoms with Gasteiger partial charge in [0.2, 0.25) is 5.95 Å². The largest absolute Gasteiger partial charge is 0.324 e. The van der Waals surface area contributed by atoms with E-state index >= 15 is 0 Å². The van der Waals surface area contributed by atoms with E-state index in [-0.39, 0.29) is 4.90 Å². The Morgan fingerprint density at radius 2 is 1.75 bits per heavy atom. The fourth-order valence-corrected chi connectivity index (χ4v) is 3.75. The fourth-order valence-electron chi connectivity index (χ4n) is 2.23. The molecule has 0 aliphatic carbocycles. The number of nitrogens with one attached hydrogen (secondary N) is 1. The van der Waals surface area contributed by atoms with Crippen molar-refractivity contribution >= 4 is 32.8 Å². The molecule has 124 valence electrons. The van der Waals surface area contributed by atoms with E-state index in [1.807, 2.05) is 19.9 Å². The summed E-state index contributed by atoms with van der Waals surface area (Å²) in [6, 6.07) is 8.33. The molecule has 0 bridgehead atoms. The quantitative estimate of drug-likeness (QED) is 0.768. The van der Waals surface area contributed by atoms with Crippen molar-refractivity contribution in [2.45, 2.75) is 18.7 Å². The molecule has 0 radical (unpaired) electrons. The van der Waals surface area contributed by atoms with Gasteiger partial charge in [-0.2, -0.15) is 0 Å². The first-order valence-corrected chi connectivity index (χ1v) is 9.88. The Balaban J connectivity index is 1.86. The van der Waals surface area contributed by atoms with Gasteiger partial charge in [0.25, 0.3) is 0 Å². The molecule has 2 aromatic heterocycles. The molecule has 0 saturated carbocycles. The maximum absolute atomic E-state index is 11.5. The van der Waals surface area contributed by atoms with Gasteiger partial charge in [-0.3, -0.25) is 0 Å². The van der Waals surface area contributed by atoms with E-state index in [9.17, 15) is 8.42 Å². The van der Waals surface area contributed by atoms with Gasteiger partial charge in [0, 0.05) is 18.1 Å². The van der Waals surface area contributed by atoms with Gasteiger partial charge in [-0.1, -0.05) is 0 Å². The van der Waals surface area contributed by atoms with Gasteiger partial charge in [-0.15, -0.1) is 11.3 Å². The lowest BCUT2D eigenvalue weighted by Gasteiger charge is -2.07. The lowest BCUT2D eigenvalue weighted by Crippen LogP contribution is -1.99. The highest BCUT2D eigenvalue weighted by molar-refractivity contribution is 7.90. The van der Waals surface area contributed by atoms with E-state index in [1.54, 1.807) is 41.8 Å². The molecule has 6 nitrogen and oxygen atoms in total. The third kappa shape index (κ3) is 3.60. The fraction of sp³-hybridized carbons (Fsp3) is 0.188. The number of hydrogen-bond acceptors (Lipinski definition) is 7. The zero-order chi connectivity index (χ0) is 17.3. The molecule has 0 unspecified atom stereocenters. The summed E-state index contributed by atoms with van der Waals surface area (Å²) in [5.41, 5.74) is 2.47. The van der Waals surface area contributed by atoms with Crippen LogP contribution in [0.2, 0.25) is 0 Å². The monoisotopic (exact) mass is 360 g/mol. The minimum atomic E-state index is -3.20. The second kappa shape index (κ2) is 6.29. The third-order valence-electron chi connectivity index (χ3n) is 3.33. The van der Waals surface area contributed by atoms with E-state index in [2.05, 4.69) is 20.3 Å². The Bertz CT molecular complexity index is 980. The highest BCUT2D eigenvalue weighted by Crippen LogP contribution is 2.28. The highest BCUT2D eigenvalue weighted by atomic mass is 32.2. The van der Waals surface area contributed by atoms with Gasteiger partial charge in [-0.25, -0.2) is 23.4 Å². The highest BCUT2D eigenvalue weighted by Gasteiger charge is 2.11. The van der Waals surface area contributed by atoms with Gasteiger partial charge < -0.3 is 5.32 Å². The SMILES string of the molecule is Cc1nc(C)c(-c2ccnc(Nc3ccc(S(C)(=O)=O)cc3)n2)s1. The van der Waals surface area contributed by atoms with E-state index in [4.69, 9.17) is 0 Å². The smallest absolute Gasteiger partial charge is 0.227 e. The van der Waals surface area contributed by atoms with Crippen LogP contribution in [-0.4, -0.2) is 29.6 Å². The van der Waals surface area contributed by atoms with Gasteiger partial charge in [0.05, 0.1) is 26.2 Å². The minimum absolute atomic E-state index is 0.276. The first-order valence-electron chi connectivity index (χ1n) is 7.17. The van der Waals surface area contributed by atoms with E-state index in [1.165, 1.54) is 6.26 Å². The second-order valence-corrected chi connectivity index (χ2v) is 8.55. The molecular formula is C16H16N4O2S2.